The summed E-state index contributed by atoms with van der Waals surface area (Å²) in [5.74, 6) is -2.92. The number of rotatable bonds is 7. The SMILES string of the molecule is COC(=O)CN(CC(=O)O)C(=O)[C@@H]1C[C@@H](S)CN1S(=O)(=O)c1ccc2ccccc2c1. The van der Waals surface area contributed by atoms with E-state index in [9.17, 15) is 22.8 Å². The van der Waals surface area contributed by atoms with E-state index in [1.54, 1.807) is 18.2 Å². The van der Waals surface area contributed by atoms with Gasteiger partial charge < -0.3 is 14.7 Å². The quantitative estimate of drug-likeness (QED) is 0.461. The van der Waals surface area contributed by atoms with Crippen LogP contribution in [0.4, 0.5) is 0 Å². The third-order valence-electron chi connectivity index (χ3n) is 5.03. The van der Waals surface area contributed by atoms with Crippen LogP contribution in [0.5, 0.6) is 0 Å². The molecule has 2 atom stereocenters. The number of hydrogen-bond acceptors (Lipinski definition) is 7. The first-order valence-corrected chi connectivity index (χ1v) is 11.3. The molecule has 0 spiro atoms. The molecule has 1 saturated heterocycles. The summed E-state index contributed by atoms with van der Waals surface area (Å²) >= 11 is 4.35. The van der Waals surface area contributed by atoms with E-state index in [0.29, 0.717) is 0 Å². The molecule has 166 valence electrons. The first-order chi connectivity index (χ1) is 14.6. The van der Waals surface area contributed by atoms with Crippen molar-refractivity contribution >= 4 is 51.3 Å². The van der Waals surface area contributed by atoms with Gasteiger partial charge in [-0.3, -0.25) is 14.4 Å². The molecule has 1 aliphatic heterocycles. The van der Waals surface area contributed by atoms with Gasteiger partial charge in [-0.25, -0.2) is 8.42 Å². The van der Waals surface area contributed by atoms with Crippen molar-refractivity contribution in [2.45, 2.75) is 22.6 Å². The van der Waals surface area contributed by atoms with Crippen LogP contribution in [0.2, 0.25) is 0 Å². The number of benzene rings is 2. The van der Waals surface area contributed by atoms with Crippen molar-refractivity contribution in [3.05, 3.63) is 42.5 Å². The largest absolute Gasteiger partial charge is 0.480 e. The Labute approximate surface area is 185 Å². The number of amides is 1. The molecule has 1 fully saturated rings. The highest BCUT2D eigenvalue weighted by Gasteiger charge is 2.45. The van der Waals surface area contributed by atoms with Gasteiger partial charge in [0.2, 0.25) is 15.9 Å². The molecule has 9 nitrogen and oxygen atoms in total. The maximum absolute atomic E-state index is 13.4. The third kappa shape index (κ3) is 5.00. The van der Waals surface area contributed by atoms with Gasteiger partial charge in [0.25, 0.3) is 0 Å². The first kappa shape index (κ1) is 23.0. The molecule has 0 bridgehead atoms. The van der Waals surface area contributed by atoms with Gasteiger partial charge in [0, 0.05) is 11.8 Å². The van der Waals surface area contributed by atoms with Gasteiger partial charge in [-0.15, -0.1) is 0 Å². The van der Waals surface area contributed by atoms with Crippen molar-refractivity contribution in [2.24, 2.45) is 0 Å². The van der Waals surface area contributed by atoms with Gasteiger partial charge in [-0.1, -0.05) is 30.3 Å². The van der Waals surface area contributed by atoms with Gasteiger partial charge in [-0.2, -0.15) is 16.9 Å². The Balaban J connectivity index is 1.95. The molecular formula is C20H22N2O7S2. The highest BCUT2D eigenvalue weighted by molar-refractivity contribution is 7.89. The summed E-state index contributed by atoms with van der Waals surface area (Å²) in [5.41, 5.74) is 0. The highest BCUT2D eigenvalue weighted by Crippen LogP contribution is 2.31. The molecule has 2 aromatic rings. The molecule has 1 amide bonds. The third-order valence-corrected chi connectivity index (χ3v) is 7.28. The minimum Gasteiger partial charge on any atom is -0.480 e. The minimum atomic E-state index is -4.08. The predicted molar refractivity (Wildman–Crippen MR) is 115 cm³/mol. The van der Waals surface area contributed by atoms with Crippen molar-refractivity contribution in [3.63, 3.8) is 0 Å². The van der Waals surface area contributed by atoms with E-state index < -0.39 is 52.3 Å². The number of aliphatic carboxylic acids is 1. The van der Waals surface area contributed by atoms with Crippen LogP contribution in [0.3, 0.4) is 0 Å². The molecule has 3 rings (SSSR count). The van der Waals surface area contributed by atoms with Crippen molar-refractivity contribution in [3.8, 4) is 0 Å². The summed E-state index contributed by atoms with van der Waals surface area (Å²) in [6.07, 6.45) is 0.0893. The topological polar surface area (TPSA) is 121 Å². The minimum absolute atomic E-state index is 0.0178. The Morgan fingerprint density at radius 1 is 1.16 bits per heavy atom. The number of esters is 1. The van der Waals surface area contributed by atoms with E-state index in [1.165, 1.54) is 12.1 Å². The molecule has 1 N–H and O–H groups in total. The maximum Gasteiger partial charge on any atom is 0.325 e. The van der Waals surface area contributed by atoms with Crippen molar-refractivity contribution in [1.29, 1.82) is 0 Å². The molecule has 11 heteroatoms. The summed E-state index contributed by atoms with van der Waals surface area (Å²) < 4.78 is 32.3. The van der Waals surface area contributed by atoms with Crippen LogP contribution in [0.15, 0.2) is 47.4 Å². The number of carboxylic acid groups (broad SMARTS) is 1. The fraction of sp³-hybridized carbons (Fsp3) is 0.350. The normalized spacial score (nSPS) is 19.3. The molecule has 0 radical (unpaired) electrons. The molecule has 31 heavy (non-hydrogen) atoms. The summed E-state index contributed by atoms with van der Waals surface area (Å²) in [4.78, 5) is 36.7. The molecule has 0 saturated carbocycles. The average Bonchev–Trinajstić information content (AvgIpc) is 3.14. The summed E-state index contributed by atoms with van der Waals surface area (Å²) in [6, 6.07) is 10.8. The van der Waals surface area contributed by atoms with Crippen molar-refractivity contribution in [1.82, 2.24) is 9.21 Å². The second-order valence-corrected chi connectivity index (χ2v) is 9.77. The Morgan fingerprint density at radius 3 is 2.48 bits per heavy atom. The van der Waals surface area contributed by atoms with Crippen LogP contribution in [-0.4, -0.2) is 78.6 Å². The number of carboxylic acids is 1. The second kappa shape index (κ2) is 9.25. The number of methoxy groups -OCH3 is 1. The second-order valence-electron chi connectivity index (χ2n) is 7.15. The number of carbonyl (C=O) groups is 3. The zero-order valence-electron chi connectivity index (χ0n) is 16.7. The van der Waals surface area contributed by atoms with Crippen LogP contribution in [0.1, 0.15) is 6.42 Å². The number of ether oxygens (including phenoxy) is 1. The lowest BCUT2D eigenvalue weighted by Gasteiger charge is -2.28. The van der Waals surface area contributed by atoms with E-state index in [-0.39, 0.29) is 17.9 Å². The van der Waals surface area contributed by atoms with Gasteiger partial charge in [0.1, 0.15) is 19.1 Å². The van der Waals surface area contributed by atoms with E-state index in [1.807, 2.05) is 12.1 Å². The maximum atomic E-state index is 13.4. The van der Waals surface area contributed by atoms with Crippen LogP contribution >= 0.6 is 12.6 Å². The number of sulfonamides is 1. The van der Waals surface area contributed by atoms with Gasteiger partial charge in [0.15, 0.2) is 0 Å². The molecular weight excluding hydrogens is 444 g/mol. The molecule has 1 aliphatic rings. The number of thiol groups is 1. The van der Waals surface area contributed by atoms with Crippen LogP contribution in [0.25, 0.3) is 10.8 Å². The summed E-state index contributed by atoms with van der Waals surface area (Å²) in [7, 11) is -2.97. The lowest BCUT2D eigenvalue weighted by atomic mass is 10.1. The molecule has 2 aromatic carbocycles. The number of hydrogen-bond donors (Lipinski definition) is 2. The number of carbonyl (C=O) groups excluding carboxylic acids is 2. The Bertz CT molecular complexity index is 1120. The van der Waals surface area contributed by atoms with Gasteiger partial charge in [-0.05, 0) is 29.3 Å². The van der Waals surface area contributed by atoms with Crippen LogP contribution < -0.4 is 0 Å². The first-order valence-electron chi connectivity index (χ1n) is 9.39. The number of nitrogens with zero attached hydrogens (tertiary/aromatic N) is 2. The van der Waals surface area contributed by atoms with Gasteiger partial charge >= 0.3 is 11.9 Å². The number of fused-ring (bicyclic) bond motifs is 1. The van der Waals surface area contributed by atoms with Crippen molar-refractivity contribution < 1.29 is 32.6 Å². The highest BCUT2D eigenvalue weighted by atomic mass is 32.2. The van der Waals surface area contributed by atoms with E-state index in [0.717, 1.165) is 27.1 Å². The molecule has 1 heterocycles. The standard InChI is InChI=1S/C20H22N2O7S2/c1-29-19(25)12-21(11-18(23)24)20(26)17-9-15(30)10-22(17)31(27,28)16-7-6-13-4-2-3-5-14(13)8-16/h2-8,15,17,30H,9-12H2,1H3,(H,23,24)/t15-,17+/m1/s1. The van der Waals surface area contributed by atoms with E-state index in [4.69, 9.17) is 5.11 Å². The Hall–Kier alpha value is -2.63. The smallest absolute Gasteiger partial charge is 0.325 e. The lowest BCUT2D eigenvalue weighted by Crippen LogP contribution is -2.50. The monoisotopic (exact) mass is 466 g/mol. The van der Waals surface area contributed by atoms with Crippen LogP contribution in [-0.2, 0) is 29.1 Å². The van der Waals surface area contributed by atoms with Crippen LogP contribution in [0, 0.1) is 0 Å². The van der Waals surface area contributed by atoms with E-state index in [2.05, 4.69) is 17.4 Å². The molecule has 0 aliphatic carbocycles. The van der Waals surface area contributed by atoms with Crippen molar-refractivity contribution in [2.75, 3.05) is 26.7 Å². The van der Waals surface area contributed by atoms with Gasteiger partial charge in [0.05, 0.1) is 12.0 Å². The Morgan fingerprint density at radius 2 is 1.84 bits per heavy atom. The summed E-state index contributed by atoms with van der Waals surface area (Å²) in [5, 5.41) is 10.3. The molecule has 0 aromatic heterocycles. The predicted octanol–water partition coefficient (Wildman–Crippen LogP) is 0.987. The fourth-order valence-corrected chi connectivity index (χ4v) is 5.70. The zero-order chi connectivity index (χ0) is 22.8. The zero-order valence-corrected chi connectivity index (χ0v) is 18.4. The molecule has 0 unspecified atom stereocenters. The van der Waals surface area contributed by atoms with E-state index >= 15 is 0 Å². The lowest BCUT2D eigenvalue weighted by molar-refractivity contribution is -0.152. The average molecular weight is 467 g/mol. The Kier molecular flexibility index (Phi) is 6.87. The summed E-state index contributed by atoms with van der Waals surface area (Å²) in [6.45, 7) is -1.38. The fourth-order valence-electron chi connectivity index (χ4n) is 3.54.